The molecule has 0 aromatic heterocycles. The van der Waals surface area contributed by atoms with Crippen LogP contribution in [0.3, 0.4) is 0 Å². The van der Waals surface area contributed by atoms with E-state index in [2.05, 4.69) is 121 Å². The van der Waals surface area contributed by atoms with Crippen molar-refractivity contribution >= 4 is 82.8 Å². The molecule has 0 aliphatic carbocycles. The Hall–Kier alpha value is -12.5. The number of ether oxygens (including phenoxy) is 5. The standard InChI is InChI=1S/C25H29NO2.4C24H27NO2/c1-18(2)28-17-19-7-11-22(12-8-19)24(13-14-26)25(27)16-20-9-10-21-5-3-4-6-23(21)15-20;2*1-17(2)27-16-19-6-5-9-22(13-19)23(15-25)24(26)14-18-10-11-20-7-3-4-8-21(20)12-18;2*1-17(2)27-16-18-7-11-21(12-8-18)23(15-25)24(26)14-19-9-10-20-5-3-4-6-22(20)13-19/h3-12,15,18,24H,13-14,16-17,26H2,1-2H3;4*3-13,17,23H,14-16,25H2,1-2H3/t;23-;;23-;/m.1.1./s1. The molecule has 0 aliphatic rings. The van der Waals surface area contributed by atoms with Gasteiger partial charge in [-0.3, -0.25) is 24.0 Å². The van der Waals surface area contributed by atoms with Crippen molar-refractivity contribution in [3.05, 3.63) is 417 Å². The molecule has 706 valence electrons. The van der Waals surface area contributed by atoms with Gasteiger partial charge in [0, 0.05) is 64.2 Å². The highest BCUT2D eigenvalue weighted by molar-refractivity contribution is 5.94. The van der Waals surface area contributed by atoms with Gasteiger partial charge in [-0.2, -0.15) is 0 Å². The maximum atomic E-state index is 13.1. The normalized spacial score (nSPS) is 12.4. The van der Waals surface area contributed by atoms with Crippen LogP contribution in [0.25, 0.3) is 53.9 Å². The van der Waals surface area contributed by atoms with Crippen molar-refractivity contribution in [1.82, 2.24) is 0 Å². The lowest BCUT2D eigenvalue weighted by Crippen LogP contribution is -2.23. The molecule has 15 aromatic rings. The van der Waals surface area contributed by atoms with Gasteiger partial charge in [-0.25, -0.2) is 0 Å². The van der Waals surface area contributed by atoms with Gasteiger partial charge in [0.2, 0.25) is 0 Å². The Labute approximate surface area is 804 Å². The Bertz CT molecular complexity index is 6020. The zero-order valence-corrected chi connectivity index (χ0v) is 80.8. The lowest BCUT2D eigenvalue weighted by atomic mass is 9.87. The summed E-state index contributed by atoms with van der Waals surface area (Å²) in [6.07, 6.45) is 3.60. The molecule has 0 fully saturated rings. The zero-order valence-electron chi connectivity index (χ0n) is 80.8. The van der Waals surface area contributed by atoms with E-state index in [0.29, 0.717) is 104 Å². The first-order chi connectivity index (χ1) is 65.8. The summed E-state index contributed by atoms with van der Waals surface area (Å²) in [5.74, 6) is -0.509. The van der Waals surface area contributed by atoms with Crippen LogP contribution in [-0.4, -0.2) is 92.2 Å². The number of benzene rings is 15. The third kappa shape index (κ3) is 32.4. The molecule has 0 radical (unpaired) electrons. The molecule has 15 aromatic carbocycles. The van der Waals surface area contributed by atoms with Crippen molar-refractivity contribution in [2.24, 2.45) is 28.7 Å². The number of Topliss-reactive ketones (excluding diaryl/α,β-unsaturated/α-hetero) is 5. The van der Waals surface area contributed by atoms with Crippen molar-refractivity contribution in [1.29, 1.82) is 0 Å². The highest BCUT2D eigenvalue weighted by Crippen LogP contribution is 2.31. The first-order valence-electron chi connectivity index (χ1n) is 47.9. The van der Waals surface area contributed by atoms with Crippen LogP contribution in [0.1, 0.15) is 189 Å². The molecule has 3 unspecified atom stereocenters. The Balaban J connectivity index is 0.000000163. The Kier molecular flexibility index (Phi) is 41.1. The van der Waals surface area contributed by atoms with Gasteiger partial charge < -0.3 is 52.4 Å². The number of carbonyl (C=O) groups is 5. The number of fused-ring (bicyclic) bond motifs is 5. The van der Waals surface area contributed by atoms with Crippen LogP contribution in [0, 0.1) is 0 Å². The summed E-state index contributed by atoms with van der Waals surface area (Å²) in [6.45, 7) is 24.7. The van der Waals surface area contributed by atoms with Crippen LogP contribution in [0.2, 0.25) is 0 Å². The number of rotatable bonds is 41. The second-order valence-electron chi connectivity index (χ2n) is 36.4. The molecule has 0 saturated carbocycles. The topological polar surface area (TPSA) is 262 Å². The molecule has 0 bridgehead atoms. The van der Waals surface area contributed by atoms with Crippen LogP contribution in [0.5, 0.6) is 0 Å². The van der Waals surface area contributed by atoms with E-state index in [0.717, 1.165) is 110 Å². The third-order valence-electron chi connectivity index (χ3n) is 24.1. The summed E-state index contributed by atoms with van der Waals surface area (Å²) >= 11 is 0. The third-order valence-corrected chi connectivity index (χ3v) is 24.1. The van der Waals surface area contributed by atoms with E-state index in [9.17, 15) is 24.0 Å². The molecular formula is C121H137N5O10. The minimum absolute atomic E-state index is 0.148. The van der Waals surface area contributed by atoms with Gasteiger partial charge in [0.05, 0.1) is 87.2 Å². The predicted molar refractivity (Wildman–Crippen MR) is 559 cm³/mol. The average molecular weight is 1820 g/mol. The zero-order chi connectivity index (χ0) is 96.8. The van der Waals surface area contributed by atoms with Gasteiger partial charge in [-0.05, 0) is 220 Å². The quantitative estimate of drug-likeness (QED) is 0.0239. The molecular weight excluding hydrogens is 1680 g/mol. The lowest BCUT2D eigenvalue weighted by molar-refractivity contribution is -0.120. The number of hydrogen-bond donors (Lipinski definition) is 5. The molecule has 0 saturated heterocycles. The fraction of sp³-hybridized carbons (Fsp3) is 0.298. The molecule has 10 N–H and O–H groups in total. The van der Waals surface area contributed by atoms with E-state index < -0.39 is 0 Å². The largest absolute Gasteiger partial charge is 0.374 e. The molecule has 136 heavy (non-hydrogen) atoms. The van der Waals surface area contributed by atoms with Crippen LogP contribution in [0.4, 0.5) is 0 Å². The fourth-order valence-electron chi connectivity index (χ4n) is 16.5. The van der Waals surface area contributed by atoms with Crippen molar-refractivity contribution in [3.8, 4) is 0 Å². The van der Waals surface area contributed by atoms with Crippen LogP contribution in [-0.2, 0) is 113 Å². The number of nitrogens with two attached hydrogens (primary N) is 5. The monoisotopic (exact) mass is 1820 g/mol. The van der Waals surface area contributed by atoms with E-state index in [-0.39, 0.29) is 89.0 Å². The molecule has 0 spiro atoms. The van der Waals surface area contributed by atoms with Gasteiger partial charge in [0.1, 0.15) is 28.9 Å². The molecule has 15 rings (SSSR count). The molecule has 5 atom stereocenters. The minimum Gasteiger partial charge on any atom is -0.374 e. The highest BCUT2D eigenvalue weighted by atomic mass is 16.5. The van der Waals surface area contributed by atoms with Gasteiger partial charge in [0.15, 0.2) is 0 Å². The van der Waals surface area contributed by atoms with E-state index in [4.69, 9.17) is 52.4 Å². The first kappa shape index (κ1) is 104. The van der Waals surface area contributed by atoms with Gasteiger partial charge in [0.25, 0.3) is 0 Å². The maximum Gasteiger partial charge on any atom is 0.145 e. The van der Waals surface area contributed by atoms with Crippen molar-refractivity contribution < 1.29 is 47.7 Å². The molecule has 0 heterocycles. The summed E-state index contributed by atoms with van der Waals surface area (Å²) < 4.78 is 28.3. The van der Waals surface area contributed by atoms with Crippen LogP contribution in [0.15, 0.2) is 334 Å². The summed E-state index contributed by atoms with van der Waals surface area (Å²) in [4.78, 5) is 64.7. The SMILES string of the molecule is CC(C)OCc1ccc(C(CCN)C(=O)Cc2ccc3ccccc3c2)cc1.CC(C)OCc1ccc(C(CN)C(=O)Cc2ccc3ccccc3c2)cc1.CC(C)OCc1ccc([C@@H](CN)C(=O)Cc2ccc3ccccc3c2)cc1.CC(C)OCc1cccc(C(CN)C(=O)Cc2ccc3ccccc3c2)c1.CC(C)OCc1cccc([C@@H](CN)C(=O)Cc2ccc3ccccc3c2)c1. The summed E-state index contributed by atoms with van der Waals surface area (Å²) in [6, 6.07) is 112. The Morgan fingerprint density at radius 1 is 0.199 bits per heavy atom. The highest BCUT2D eigenvalue weighted by Gasteiger charge is 2.26. The van der Waals surface area contributed by atoms with Crippen molar-refractivity contribution in [3.63, 3.8) is 0 Å². The number of hydrogen-bond acceptors (Lipinski definition) is 15. The Morgan fingerprint density at radius 2 is 0.397 bits per heavy atom. The predicted octanol–water partition coefficient (Wildman–Crippen LogP) is 23.5. The smallest absolute Gasteiger partial charge is 0.145 e. The van der Waals surface area contributed by atoms with Crippen molar-refractivity contribution in [2.75, 3.05) is 32.7 Å². The van der Waals surface area contributed by atoms with Crippen molar-refractivity contribution in [2.45, 2.75) is 201 Å². The molecule has 0 amide bonds. The summed E-state index contributed by atoms with van der Waals surface area (Å²) in [5.41, 5.74) is 45.1. The molecule has 0 aliphatic heterocycles. The number of ketones is 5. The number of carbonyl (C=O) groups excluding carboxylic acids is 5. The first-order valence-corrected chi connectivity index (χ1v) is 47.9. The van der Waals surface area contributed by atoms with Gasteiger partial charge in [-0.15, -0.1) is 0 Å². The summed E-state index contributed by atoms with van der Waals surface area (Å²) in [7, 11) is 0. The van der Waals surface area contributed by atoms with Gasteiger partial charge >= 0.3 is 0 Å². The maximum absolute atomic E-state index is 13.1. The second kappa shape index (κ2) is 53.7. The molecule has 15 nitrogen and oxygen atoms in total. The van der Waals surface area contributed by atoms with Crippen LogP contribution < -0.4 is 28.7 Å². The summed E-state index contributed by atoms with van der Waals surface area (Å²) in [5, 5.41) is 11.7. The van der Waals surface area contributed by atoms with E-state index in [1.807, 2.05) is 282 Å². The van der Waals surface area contributed by atoms with E-state index in [1.54, 1.807) is 0 Å². The lowest BCUT2D eigenvalue weighted by Gasteiger charge is -2.17. The minimum atomic E-state index is -0.296. The van der Waals surface area contributed by atoms with E-state index >= 15 is 0 Å². The van der Waals surface area contributed by atoms with Gasteiger partial charge in [-0.1, -0.05) is 334 Å². The fourth-order valence-corrected chi connectivity index (χ4v) is 16.5. The average Bonchev–Trinajstić information content (AvgIpc) is 0.835. The van der Waals surface area contributed by atoms with Crippen LogP contribution >= 0.6 is 0 Å². The molecule has 15 heteroatoms. The second-order valence-corrected chi connectivity index (χ2v) is 36.4. The van der Waals surface area contributed by atoms with E-state index in [1.165, 1.54) is 26.9 Å². The Morgan fingerprint density at radius 3 is 0.618 bits per heavy atom.